The summed E-state index contributed by atoms with van der Waals surface area (Å²) in [4.78, 5) is 26.4. The molecule has 6 nitrogen and oxygen atoms in total. The third kappa shape index (κ3) is 10.4. The minimum absolute atomic E-state index is 0.299. The molecule has 0 saturated heterocycles. The van der Waals surface area contributed by atoms with Gasteiger partial charge in [0, 0.05) is 56.0 Å². The molecule has 14 rings (SSSR count). The van der Waals surface area contributed by atoms with E-state index in [1.165, 1.54) is 17.5 Å². The molecule has 1 N–H and O–H groups in total. The third-order valence-electron chi connectivity index (χ3n) is 15.8. The lowest BCUT2D eigenvalue weighted by Crippen LogP contribution is -2.33. The van der Waals surface area contributed by atoms with Crippen molar-refractivity contribution < 1.29 is 0 Å². The van der Waals surface area contributed by atoms with Crippen molar-refractivity contribution in [2.24, 2.45) is 4.99 Å². The largest absolute Gasteiger partial charge is 0.359 e. The van der Waals surface area contributed by atoms with E-state index in [4.69, 9.17) is 24.9 Å². The van der Waals surface area contributed by atoms with E-state index in [0.29, 0.717) is 17.6 Å². The summed E-state index contributed by atoms with van der Waals surface area (Å²) in [5.74, 6) is 2.48. The number of hydrogen-bond acceptors (Lipinski definition) is 6. The van der Waals surface area contributed by atoms with Crippen LogP contribution >= 0.6 is 0 Å². The molecule has 0 saturated carbocycles. The minimum Gasteiger partial charge on any atom is -0.359 e. The van der Waals surface area contributed by atoms with Gasteiger partial charge in [-0.3, -0.25) is 0 Å². The average Bonchev–Trinajstić information content (AvgIpc) is 3.72. The lowest BCUT2D eigenvalue weighted by Gasteiger charge is -2.30. The summed E-state index contributed by atoms with van der Waals surface area (Å²) in [6.07, 6.45) is 8.23. The van der Waals surface area contributed by atoms with Crippen molar-refractivity contribution in [3.8, 4) is 101 Å². The predicted octanol–water partition coefficient (Wildman–Crippen LogP) is 18.9. The molecular weight excluding hydrogens is 997 g/mol. The summed E-state index contributed by atoms with van der Waals surface area (Å²) in [6, 6.07) is 95.9. The fourth-order valence-electron chi connectivity index (χ4n) is 11.5. The lowest BCUT2D eigenvalue weighted by molar-refractivity contribution is 0.654. The van der Waals surface area contributed by atoms with Crippen molar-refractivity contribution >= 4 is 11.5 Å². The van der Waals surface area contributed by atoms with E-state index in [1.54, 1.807) is 0 Å². The topological polar surface area (TPSA) is 76.0 Å². The number of allylic oxidation sites excluding steroid dienone is 2. The van der Waals surface area contributed by atoms with Gasteiger partial charge in [0.25, 0.3) is 0 Å². The second-order valence-corrected chi connectivity index (χ2v) is 21.1. The van der Waals surface area contributed by atoms with Crippen LogP contribution in [0.1, 0.15) is 53.5 Å². The van der Waals surface area contributed by atoms with Crippen LogP contribution in [0.2, 0.25) is 0 Å². The molecule has 3 heterocycles. The number of nitrogens with zero attached hydrogens (tertiary/aromatic N) is 5. The van der Waals surface area contributed by atoms with Gasteiger partial charge in [0.1, 0.15) is 5.84 Å². The van der Waals surface area contributed by atoms with Gasteiger partial charge in [-0.15, -0.1) is 0 Å². The quantitative estimate of drug-likeness (QED) is 0.123. The normalized spacial score (nSPS) is 14.6. The molecule has 0 radical (unpaired) electrons. The van der Waals surface area contributed by atoms with Crippen LogP contribution in [0.15, 0.2) is 290 Å². The van der Waals surface area contributed by atoms with Crippen LogP contribution in [0, 0.1) is 0 Å². The maximum Gasteiger partial charge on any atom is 0.160 e. The van der Waals surface area contributed by atoms with Gasteiger partial charge in [-0.05, 0) is 88.5 Å². The minimum atomic E-state index is -0.299. The SMILES string of the molecule is C1=CC(c2cccc(-c3cc(-c4cccc(-c5ccccc5)c4)c4c(c3)C(c3ccc(-c5nc(-c6ccccc6)cc(-c6ccccc6)n5)cc3)NC(c3ccc(-c5nc(-c6ccccc6)cc(-c6ccccc6)n5)cc3)=N4)c2)CCC1. The van der Waals surface area contributed by atoms with E-state index in [9.17, 15) is 0 Å². The van der Waals surface area contributed by atoms with Crippen LogP contribution < -0.4 is 5.32 Å². The van der Waals surface area contributed by atoms with Crippen molar-refractivity contribution in [2.45, 2.75) is 31.2 Å². The number of benzene rings is 10. The van der Waals surface area contributed by atoms with Crippen molar-refractivity contribution in [2.75, 3.05) is 0 Å². The number of amidine groups is 1. The Morgan fingerprint density at radius 2 is 0.780 bits per heavy atom. The number of hydrogen-bond donors (Lipinski definition) is 1. The Balaban J connectivity index is 0.921. The summed E-state index contributed by atoms with van der Waals surface area (Å²) in [5.41, 5.74) is 21.6. The van der Waals surface area contributed by atoms with Crippen molar-refractivity contribution in [3.63, 3.8) is 0 Å². The summed E-state index contributed by atoms with van der Waals surface area (Å²) in [7, 11) is 0. The zero-order valence-electron chi connectivity index (χ0n) is 45.1. The molecule has 2 aromatic heterocycles. The molecule has 0 bridgehead atoms. The monoisotopic (exact) mass is 1050 g/mol. The van der Waals surface area contributed by atoms with Gasteiger partial charge < -0.3 is 5.32 Å². The first-order valence-electron chi connectivity index (χ1n) is 28.3. The molecule has 10 aromatic carbocycles. The van der Waals surface area contributed by atoms with Crippen LogP contribution in [0.4, 0.5) is 5.69 Å². The number of rotatable bonds is 12. The first-order valence-corrected chi connectivity index (χ1v) is 28.3. The molecule has 6 heteroatoms. The van der Waals surface area contributed by atoms with E-state index in [2.05, 4.69) is 242 Å². The Kier molecular flexibility index (Phi) is 13.6. The fraction of sp³-hybridized carbons (Fsp3) is 0.0658. The Morgan fingerprint density at radius 1 is 0.329 bits per heavy atom. The highest BCUT2D eigenvalue weighted by molar-refractivity contribution is 6.04. The number of fused-ring (bicyclic) bond motifs is 1. The molecule has 390 valence electrons. The van der Waals surface area contributed by atoms with Gasteiger partial charge in [-0.25, -0.2) is 24.9 Å². The van der Waals surface area contributed by atoms with Gasteiger partial charge in [0.05, 0.1) is 34.5 Å². The zero-order valence-corrected chi connectivity index (χ0v) is 45.1. The molecule has 0 spiro atoms. The number of aromatic nitrogens is 4. The summed E-state index contributed by atoms with van der Waals surface area (Å²) >= 11 is 0. The lowest BCUT2D eigenvalue weighted by atomic mass is 9.85. The van der Waals surface area contributed by atoms with Gasteiger partial charge in [-0.2, -0.15) is 0 Å². The standard InChI is InChI=1S/C76H56N6/c1-7-21-51(22-8-1)61-33-19-35-63(45-61)65-47-66(64-36-20-34-62(46-64)52-23-9-2-10-24-52)73-67(48-65)72(57-37-39-58(40-38-57)74-77-68(53-25-11-3-12-26-53)49-69(78-74)54-27-13-4-14-28-54)81-76(82-73)60-43-41-59(42-44-60)75-79-70(55-29-15-5-16-30-55)50-71(80-75)56-31-17-6-18-32-56/h2-7,9-21,23-51,72H,1,8,22H2,(H,81,82). The van der Waals surface area contributed by atoms with Gasteiger partial charge >= 0.3 is 0 Å². The highest BCUT2D eigenvalue weighted by atomic mass is 15.1. The smallest absolute Gasteiger partial charge is 0.160 e. The highest BCUT2D eigenvalue weighted by Crippen LogP contribution is 2.46. The molecule has 82 heavy (non-hydrogen) atoms. The average molecular weight is 1050 g/mol. The first-order chi connectivity index (χ1) is 40.6. The molecule has 12 aromatic rings. The molecule has 0 fully saturated rings. The van der Waals surface area contributed by atoms with Crippen molar-refractivity contribution in [1.29, 1.82) is 0 Å². The Labute approximate surface area is 479 Å². The molecule has 2 unspecified atom stereocenters. The van der Waals surface area contributed by atoms with Crippen LogP contribution in [-0.4, -0.2) is 25.8 Å². The van der Waals surface area contributed by atoms with Gasteiger partial charge in [0.15, 0.2) is 11.6 Å². The Bertz CT molecular complexity index is 4180. The summed E-state index contributed by atoms with van der Waals surface area (Å²) < 4.78 is 0. The fourth-order valence-corrected chi connectivity index (χ4v) is 11.5. The summed E-state index contributed by atoms with van der Waals surface area (Å²) in [6.45, 7) is 0. The van der Waals surface area contributed by atoms with E-state index < -0.39 is 0 Å². The Hall–Kier alpha value is -10.4. The van der Waals surface area contributed by atoms with Crippen LogP contribution in [-0.2, 0) is 0 Å². The van der Waals surface area contributed by atoms with E-state index in [0.717, 1.165) is 125 Å². The van der Waals surface area contributed by atoms with Crippen molar-refractivity contribution in [3.05, 3.63) is 307 Å². The molecular formula is C76H56N6. The molecule has 1 aliphatic carbocycles. The molecule has 0 amide bonds. The van der Waals surface area contributed by atoms with E-state index in [-0.39, 0.29) is 6.04 Å². The van der Waals surface area contributed by atoms with Crippen molar-refractivity contribution in [1.82, 2.24) is 25.3 Å². The van der Waals surface area contributed by atoms with Crippen LogP contribution in [0.5, 0.6) is 0 Å². The maximum absolute atomic E-state index is 5.69. The number of nitrogens with one attached hydrogen (secondary N) is 1. The number of aliphatic imine (C=N–C) groups is 1. The van der Waals surface area contributed by atoms with Gasteiger partial charge in [0.2, 0.25) is 0 Å². The van der Waals surface area contributed by atoms with Crippen LogP contribution in [0.3, 0.4) is 0 Å². The zero-order chi connectivity index (χ0) is 54.6. The first kappa shape index (κ1) is 49.8. The maximum atomic E-state index is 5.69. The third-order valence-corrected chi connectivity index (χ3v) is 15.8. The predicted molar refractivity (Wildman–Crippen MR) is 336 cm³/mol. The van der Waals surface area contributed by atoms with E-state index in [1.807, 2.05) is 48.5 Å². The second kappa shape index (κ2) is 22.4. The Morgan fingerprint density at radius 3 is 1.29 bits per heavy atom. The van der Waals surface area contributed by atoms with E-state index >= 15 is 0 Å². The highest BCUT2D eigenvalue weighted by Gasteiger charge is 2.29. The second-order valence-electron chi connectivity index (χ2n) is 21.1. The molecule has 2 aliphatic rings. The van der Waals surface area contributed by atoms with Crippen LogP contribution in [0.25, 0.3) is 101 Å². The van der Waals surface area contributed by atoms with Gasteiger partial charge in [-0.1, -0.05) is 255 Å². The molecule has 1 aliphatic heterocycles. The molecule has 2 atom stereocenters. The summed E-state index contributed by atoms with van der Waals surface area (Å²) in [5, 5.41) is 4.02.